The number of hydrogen-bond acceptors (Lipinski definition) is 8. The molecule has 36 heavy (non-hydrogen) atoms. The molecule has 10 heteroatoms. The van der Waals surface area contributed by atoms with E-state index in [9.17, 15) is 14.4 Å². The fourth-order valence-electron chi connectivity index (χ4n) is 3.77. The molecule has 186 valence electrons. The normalized spacial score (nSPS) is 10.8. The predicted octanol–water partition coefficient (Wildman–Crippen LogP) is 4.13. The SMILES string of the molecule is CCOC(=O)c1nn(-c2cccc(C)c2)c(=O)c2c(NC(=O)Cc3ccc(OC)c(OC)c3)scc12. The Balaban J connectivity index is 1.75. The van der Waals surface area contributed by atoms with Crippen LogP contribution < -0.4 is 20.3 Å². The molecule has 0 bridgehead atoms. The fraction of sp³-hybridized carbons (Fsp3) is 0.231. The number of rotatable bonds is 8. The van der Waals surface area contributed by atoms with Gasteiger partial charge in [0.2, 0.25) is 5.91 Å². The monoisotopic (exact) mass is 507 g/mol. The van der Waals surface area contributed by atoms with Gasteiger partial charge in [-0.1, -0.05) is 18.2 Å². The minimum absolute atomic E-state index is 0.00426. The maximum Gasteiger partial charge on any atom is 0.359 e. The number of fused-ring (bicyclic) bond motifs is 1. The lowest BCUT2D eigenvalue weighted by Gasteiger charge is -2.11. The number of esters is 1. The van der Waals surface area contributed by atoms with Gasteiger partial charge in [0.25, 0.3) is 5.56 Å². The minimum atomic E-state index is -0.648. The second-order valence-electron chi connectivity index (χ2n) is 7.89. The van der Waals surface area contributed by atoms with E-state index in [1.54, 1.807) is 48.7 Å². The highest BCUT2D eigenvalue weighted by Crippen LogP contribution is 2.31. The van der Waals surface area contributed by atoms with Gasteiger partial charge in [0.1, 0.15) is 5.00 Å². The summed E-state index contributed by atoms with van der Waals surface area (Å²) in [6.45, 7) is 3.74. The van der Waals surface area contributed by atoms with Crippen molar-refractivity contribution < 1.29 is 23.8 Å². The van der Waals surface area contributed by atoms with Crippen LogP contribution in [0.3, 0.4) is 0 Å². The third-order valence-corrected chi connectivity index (χ3v) is 6.33. The molecule has 0 atom stereocenters. The molecule has 2 aromatic carbocycles. The van der Waals surface area contributed by atoms with Crippen molar-refractivity contribution in [3.63, 3.8) is 0 Å². The number of ether oxygens (including phenoxy) is 3. The summed E-state index contributed by atoms with van der Waals surface area (Å²) in [6, 6.07) is 12.4. The van der Waals surface area contributed by atoms with E-state index >= 15 is 0 Å². The summed E-state index contributed by atoms with van der Waals surface area (Å²) in [5, 5.41) is 9.62. The predicted molar refractivity (Wildman–Crippen MR) is 138 cm³/mol. The molecule has 0 spiro atoms. The van der Waals surface area contributed by atoms with E-state index in [1.165, 1.54) is 14.2 Å². The van der Waals surface area contributed by atoms with E-state index in [0.29, 0.717) is 33.1 Å². The highest BCUT2D eigenvalue weighted by atomic mass is 32.1. The molecule has 1 N–H and O–H groups in total. The molecule has 0 aliphatic rings. The largest absolute Gasteiger partial charge is 0.493 e. The molecule has 2 heterocycles. The van der Waals surface area contributed by atoms with Gasteiger partial charge in [-0.2, -0.15) is 9.78 Å². The van der Waals surface area contributed by atoms with Crippen LogP contribution in [-0.4, -0.2) is 42.5 Å². The van der Waals surface area contributed by atoms with Crippen LogP contribution in [0.15, 0.2) is 52.6 Å². The van der Waals surface area contributed by atoms with Gasteiger partial charge in [0.15, 0.2) is 17.2 Å². The maximum atomic E-state index is 13.5. The van der Waals surface area contributed by atoms with Crippen LogP contribution in [0.1, 0.15) is 28.5 Å². The van der Waals surface area contributed by atoms with Crippen molar-refractivity contribution in [2.75, 3.05) is 26.1 Å². The van der Waals surface area contributed by atoms with Crippen molar-refractivity contribution >= 4 is 39.0 Å². The quantitative estimate of drug-likeness (QED) is 0.357. The fourth-order valence-corrected chi connectivity index (χ4v) is 4.73. The lowest BCUT2D eigenvalue weighted by atomic mass is 10.1. The van der Waals surface area contributed by atoms with Crippen LogP contribution in [0.25, 0.3) is 16.5 Å². The third-order valence-electron chi connectivity index (χ3n) is 5.43. The van der Waals surface area contributed by atoms with Gasteiger partial charge in [0, 0.05) is 10.8 Å². The smallest absolute Gasteiger partial charge is 0.359 e. The van der Waals surface area contributed by atoms with Gasteiger partial charge in [-0.25, -0.2) is 4.79 Å². The second kappa shape index (κ2) is 10.6. The highest BCUT2D eigenvalue weighted by Gasteiger charge is 2.23. The van der Waals surface area contributed by atoms with Crippen LogP contribution >= 0.6 is 11.3 Å². The number of methoxy groups -OCH3 is 2. The molecule has 2 aromatic heterocycles. The summed E-state index contributed by atoms with van der Waals surface area (Å²) in [5.41, 5.74) is 1.68. The number of hydrogen-bond donors (Lipinski definition) is 1. The zero-order chi connectivity index (χ0) is 25.8. The topological polar surface area (TPSA) is 109 Å². The molecule has 0 saturated heterocycles. The van der Waals surface area contributed by atoms with Gasteiger partial charge < -0.3 is 19.5 Å². The molecular weight excluding hydrogens is 482 g/mol. The number of anilines is 1. The minimum Gasteiger partial charge on any atom is -0.493 e. The summed E-state index contributed by atoms with van der Waals surface area (Å²) in [6.07, 6.45) is 0.0433. The molecule has 0 unspecified atom stereocenters. The van der Waals surface area contributed by atoms with E-state index in [2.05, 4.69) is 10.4 Å². The Morgan fingerprint density at radius 3 is 2.56 bits per heavy atom. The number of aryl methyl sites for hydroxylation is 1. The summed E-state index contributed by atoms with van der Waals surface area (Å²) in [5.74, 6) is 0.0871. The lowest BCUT2D eigenvalue weighted by Crippen LogP contribution is -2.25. The first-order valence-electron chi connectivity index (χ1n) is 11.2. The molecule has 0 fully saturated rings. The number of nitrogens with one attached hydrogen (secondary N) is 1. The van der Waals surface area contributed by atoms with Gasteiger partial charge >= 0.3 is 5.97 Å². The van der Waals surface area contributed by atoms with Crippen molar-refractivity contribution in [1.82, 2.24) is 9.78 Å². The Morgan fingerprint density at radius 2 is 1.86 bits per heavy atom. The van der Waals surface area contributed by atoms with Crippen LogP contribution in [0, 0.1) is 6.92 Å². The second-order valence-corrected chi connectivity index (χ2v) is 8.77. The zero-order valence-corrected chi connectivity index (χ0v) is 21.1. The summed E-state index contributed by atoms with van der Waals surface area (Å²) in [7, 11) is 3.06. The number of aromatic nitrogens is 2. The first-order chi connectivity index (χ1) is 17.4. The number of thiophene rings is 1. The van der Waals surface area contributed by atoms with Gasteiger partial charge in [-0.15, -0.1) is 11.3 Å². The van der Waals surface area contributed by atoms with Crippen LogP contribution in [0.2, 0.25) is 0 Å². The van der Waals surface area contributed by atoms with Crippen LogP contribution in [-0.2, 0) is 16.0 Å². The van der Waals surface area contributed by atoms with Crippen LogP contribution in [0.4, 0.5) is 5.00 Å². The van der Waals surface area contributed by atoms with Gasteiger partial charge in [-0.3, -0.25) is 9.59 Å². The van der Waals surface area contributed by atoms with Crippen molar-refractivity contribution in [3.8, 4) is 17.2 Å². The Hall–Kier alpha value is -4.18. The van der Waals surface area contributed by atoms with Crippen molar-refractivity contribution in [2.45, 2.75) is 20.3 Å². The summed E-state index contributed by atoms with van der Waals surface area (Å²) >= 11 is 1.15. The average molecular weight is 508 g/mol. The molecule has 1 amide bonds. The first kappa shape index (κ1) is 24.9. The third kappa shape index (κ3) is 4.94. The van der Waals surface area contributed by atoms with Crippen LogP contribution in [0.5, 0.6) is 11.5 Å². The van der Waals surface area contributed by atoms with E-state index in [1.807, 2.05) is 13.0 Å². The van der Waals surface area contributed by atoms with E-state index in [4.69, 9.17) is 14.2 Å². The first-order valence-corrected chi connectivity index (χ1v) is 12.0. The Bertz CT molecular complexity index is 1510. The average Bonchev–Trinajstić information content (AvgIpc) is 3.28. The standard InChI is InChI=1S/C26H25N3O6S/c1-5-35-26(32)23-18-14-36-24(22(18)25(31)29(28-23)17-8-6-7-15(2)11-17)27-21(30)13-16-9-10-19(33-3)20(12-16)34-4/h6-12,14H,5,13H2,1-4H3,(H,27,30). The number of amides is 1. The number of carbonyl (C=O) groups excluding carboxylic acids is 2. The Labute approximate surface area is 211 Å². The number of nitrogens with zero attached hydrogens (tertiary/aromatic N) is 2. The molecule has 0 saturated carbocycles. The zero-order valence-electron chi connectivity index (χ0n) is 20.3. The van der Waals surface area contributed by atoms with E-state index in [0.717, 1.165) is 21.6 Å². The van der Waals surface area contributed by atoms with Crippen molar-refractivity contribution in [2.24, 2.45) is 0 Å². The van der Waals surface area contributed by atoms with E-state index in [-0.39, 0.29) is 30.0 Å². The molecule has 9 nitrogen and oxygen atoms in total. The molecule has 0 aliphatic carbocycles. The number of benzene rings is 2. The van der Waals surface area contributed by atoms with Gasteiger partial charge in [-0.05, 0) is 49.2 Å². The summed E-state index contributed by atoms with van der Waals surface area (Å²) in [4.78, 5) is 39.1. The Kier molecular flexibility index (Phi) is 7.35. The maximum absolute atomic E-state index is 13.5. The van der Waals surface area contributed by atoms with Crippen molar-refractivity contribution in [1.29, 1.82) is 0 Å². The van der Waals surface area contributed by atoms with Crippen molar-refractivity contribution in [3.05, 3.63) is 75.0 Å². The Morgan fingerprint density at radius 1 is 1.08 bits per heavy atom. The molecular formula is C26H25N3O6S. The molecule has 4 rings (SSSR count). The number of carbonyl (C=O) groups is 2. The van der Waals surface area contributed by atoms with Gasteiger partial charge in [0.05, 0.1) is 38.3 Å². The summed E-state index contributed by atoms with van der Waals surface area (Å²) < 4.78 is 16.9. The molecule has 4 aromatic rings. The van der Waals surface area contributed by atoms with E-state index < -0.39 is 11.5 Å². The molecule has 0 radical (unpaired) electrons. The lowest BCUT2D eigenvalue weighted by molar-refractivity contribution is -0.115. The molecule has 0 aliphatic heterocycles. The highest BCUT2D eigenvalue weighted by molar-refractivity contribution is 7.16.